The van der Waals surface area contributed by atoms with Gasteiger partial charge < -0.3 is 14.8 Å². The lowest BCUT2D eigenvalue weighted by atomic mass is 10.1. The summed E-state index contributed by atoms with van der Waals surface area (Å²) in [6.45, 7) is 5.27. The number of hydrogen-bond acceptors (Lipinski definition) is 5. The Morgan fingerprint density at radius 3 is 2.35 bits per heavy atom. The number of carbonyl (C=O) groups is 1. The van der Waals surface area contributed by atoms with Gasteiger partial charge in [-0.05, 0) is 32.9 Å². The van der Waals surface area contributed by atoms with Crippen LogP contribution in [0.1, 0.15) is 31.1 Å². The Morgan fingerprint density at radius 1 is 1.17 bits per heavy atom. The number of rotatable bonds is 7. The van der Waals surface area contributed by atoms with Crippen molar-refractivity contribution < 1.29 is 22.7 Å². The van der Waals surface area contributed by atoms with E-state index in [4.69, 9.17) is 9.47 Å². The van der Waals surface area contributed by atoms with Crippen LogP contribution < -0.4 is 19.5 Å². The number of ether oxygens (including phenoxy) is 2. The summed E-state index contributed by atoms with van der Waals surface area (Å²) in [7, 11) is -0.496. The predicted molar refractivity (Wildman–Crippen MR) is 88.6 cm³/mol. The molecule has 0 unspecified atom stereocenters. The summed E-state index contributed by atoms with van der Waals surface area (Å²) in [4.78, 5) is 12.1. The second-order valence-corrected chi connectivity index (χ2v) is 7.83. The zero-order chi connectivity index (χ0) is 17.7. The van der Waals surface area contributed by atoms with Crippen LogP contribution in [0.4, 0.5) is 0 Å². The fraction of sp³-hybridized carbons (Fsp3) is 0.533. The lowest BCUT2D eigenvalue weighted by Crippen LogP contribution is -2.43. The van der Waals surface area contributed by atoms with Crippen LogP contribution in [0.5, 0.6) is 11.5 Å². The Balaban J connectivity index is 2.68. The Labute approximate surface area is 137 Å². The van der Waals surface area contributed by atoms with E-state index in [0.29, 0.717) is 17.1 Å². The maximum atomic E-state index is 12.1. The van der Waals surface area contributed by atoms with Crippen LogP contribution in [0, 0.1) is 0 Å². The lowest BCUT2D eigenvalue weighted by Gasteiger charge is -2.20. The molecule has 1 amide bonds. The molecule has 0 aliphatic rings. The fourth-order valence-corrected chi connectivity index (χ4v) is 3.30. The minimum absolute atomic E-state index is 0.000565. The zero-order valence-electron chi connectivity index (χ0n) is 14.1. The number of hydrogen-bond donors (Lipinski definition) is 2. The molecule has 2 N–H and O–H groups in total. The van der Waals surface area contributed by atoms with Crippen LogP contribution >= 0.6 is 0 Å². The lowest BCUT2D eigenvalue weighted by molar-refractivity contribution is 0.0953. The maximum Gasteiger partial charge on any atom is 0.255 e. The van der Waals surface area contributed by atoms with Gasteiger partial charge in [0.15, 0.2) is 0 Å². The summed E-state index contributed by atoms with van der Waals surface area (Å²) in [5.41, 5.74) is -0.239. The van der Waals surface area contributed by atoms with E-state index in [1.54, 1.807) is 39.0 Å². The summed E-state index contributed by atoms with van der Waals surface area (Å²) in [6.07, 6.45) is 0. The van der Waals surface area contributed by atoms with E-state index in [1.165, 1.54) is 14.2 Å². The molecule has 7 nitrogen and oxygen atoms in total. The number of sulfonamides is 1. The molecule has 0 saturated carbocycles. The summed E-state index contributed by atoms with van der Waals surface area (Å²) >= 11 is 0. The molecule has 0 aromatic heterocycles. The van der Waals surface area contributed by atoms with Gasteiger partial charge in [-0.3, -0.25) is 4.79 Å². The molecule has 8 heteroatoms. The highest BCUT2D eigenvalue weighted by molar-refractivity contribution is 7.89. The van der Waals surface area contributed by atoms with E-state index in [9.17, 15) is 13.2 Å². The first kappa shape index (κ1) is 19.2. The number of nitrogens with one attached hydrogen (secondary N) is 2. The van der Waals surface area contributed by atoms with Gasteiger partial charge in [-0.15, -0.1) is 0 Å². The Morgan fingerprint density at radius 2 is 1.83 bits per heavy atom. The van der Waals surface area contributed by atoms with Crippen molar-refractivity contribution in [3.8, 4) is 11.5 Å². The molecule has 23 heavy (non-hydrogen) atoms. The van der Waals surface area contributed by atoms with Gasteiger partial charge in [0.25, 0.3) is 5.91 Å². The summed E-state index contributed by atoms with van der Waals surface area (Å²) in [5.74, 6) is 0.317. The number of benzene rings is 1. The van der Waals surface area contributed by atoms with Gasteiger partial charge in [-0.25, -0.2) is 13.1 Å². The van der Waals surface area contributed by atoms with Crippen molar-refractivity contribution in [2.75, 3.05) is 26.5 Å². The molecule has 1 rings (SSSR count). The molecule has 0 bridgehead atoms. The minimum atomic E-state index is -3.46. The minimum Gasteiger partial charge on any atom is -0.497 e. The second kappa shape index (κ2) is 7.65. The third-order valence-corrected chi connectivity index (χ3v) is 4.44. The molecule has 0 heterocycles. The molecular weight excluding hydrogens is 320 g/mol. The molecule has 0 fully saturated rings. The summed E-state index contributed by atoms with van der Waals surface area (Å²) < 4.78 is 36.5. The van der Waals surface area contributed by atoms with E-state index in [-0.39, 0.29) is 12.3 Å². The van der Waals surface area contributed by atoms with Gasteiger partial charge >= 0.3 is 0 Å². The number of amides is 1. The smallest absolute Gasteiger partial charge is 0.255 e. The first-order chi connectivity index (χ1) is 10.6. The van der Waals surface area contributed by atoms with Crippen molar-refractivity contribution >= 4 is 15.9 Å². The molecule has 130 valence electrons. The largest absolute Gasteiger partial charge is 0.497 e. The predicted octanol–water partition coefficient (Wildman–Crippen LogP) is 1.15. The number of carbonyl (C=O) groups excluding carboxylic acids is 1. The average molecular weight is 344 g/mol. The van der Waals surface area contributed by atoms with Crippen molar-refractivity contribution in [3.63, 3.8) is 0 Å². The highest BCUT2D eigenvalue weighted by Gasteiger charge is 2.20. The standard InChI is InChI=1S/C15H24N2O5S/c1-15(2,3)17-23(19,20)9-8-16-14(18)12-7-6-11(21-4)10-13(12)22-5/h6-7,10,17H,8-9H2,1-5H3,(H,16,18). The topological polar surface area (TPSA) is 93.7 Å². The molecule has 0 aliphatic heterocycles. The van der Waals surface area contributed by atoms with Gasteiger partial charge in [0.2, 0.25) is 10.0 Å². The third kappa shape index (κ3) is 6.45. The maximum absolute atomic E-state index is 12.1. The molecule has 0 saturated heterocycles. The highest BCUT2D eigenvalue weighted by atomic mass is 32.2. The van der Waals surface area contributed by atoms with Crippen LogP contribution in [0.3, 0.4) is 0 Å². The molecular formula is C15H24N2O5S. The third-order valence-electron chi connectivity index (χ3n) is 2.77. The molecule has 0 spiro atoms. The molecule has 1 aromatic rings. The van der Waals surface area contributed by atoms with E-state index >= 15 is 0 Å². The van der Waals surface area contributed by atoms with Crippen molar-refractivity contribution in [2.24, 2.45) is 0 Å². The molecule has 0 atom stereocenters. The normalized spacial score (nSPS) is 11.9. The van der Waals surface area contributed by atoms with Gasteiger partial charge in [-0.1, -0.05) is 0 Å². The van der Waals surface area contributed by atoms with Crippen molar-refractivity contribution in [2.45, 2.75) is 26.3 Å². The quantitative estimate of drug-likeness (QED) is 0.774. The Kier molecular flexibility index (Phi) is 6.40. The van der Waals surface area contributed by atoms with Crippen molar-refractivity contribution in [1.29, 1.82) is 0 Å². The zero-order valence-corrected chi connectivity index (χ0v) is 14.9. The van der Waals surface area contributed by atoms with Crippen molar-refractivity contribution in [1.82, 2.24) is 10.0 Å². The van der Waals surface area contributed by atoms with E-state index in [1.807, 2.05) is 0 Å². The van der Waals surface area contributed by atoms with Crippen LogP contribution in [-0.2, 0) is 10.0 Å². The van der Waals surface area contributed by atoms with E-state index < -0.39 is 21.5 Å². The molecule has 1 aromatic carbocycles. The van der Waals surface area contributed by atoms with Crippen LogP contribution in [-0.4, -0.2) is 46.4 Å². The van der Waals surface area contributed by atoms with Gasteiger partial charge in [0.1, 0.15) is 11.5 Å². The Bertz CT molecular complexity index is 650. The average Bonchev–Trinajstić information content (AvgIpc) is 2.43. The van der Waals surface area contributed by atoms with Crippen LogP contribution in [0.2, 0.25) is 0 Å². The summed E-state index contributed by atoms with van der Waals surface area (Å²) in [6, 6.07) is 4.79. The summed E-state index contributed by atoms with van der Waals surface area (Å²) in [5, 5.41) is 2.57. The number of methoxy groups -OCH3 is 2. The SMILES string of the molecule is COc1ccc(C(=O)NCCS(=O)(=O)NC(C)(C)C)c(OC)c1. The second-order valence-electron chi connectivity index (χ2n) is 5.99. The highest BCUT2D eigenvalue weighted by Crippen LogP contribution is 2.24. The molecule has 0 aliphatic carbocycles. The van der Waals surface area contributed by atoms with Gasteiger partial charge in [-0.2, -0.15) is 0 Å². The fourth-order valence-electron chi connectivity index (χ4n) is 1.90. The van der Waals surface area contributed by atoms with Crippen molar-refractivity contribution in [3.05, 3.63) is 23.8 Å². The monoisotopic (exact) mass is 344 g/mol. The van der Waals surface area contributed by atoms with Gasteiger partial charge in [0, 0.05) is 18.2 Å². The first-order valence-corrected chi connectivity index (χ1v) is 8.75. The first-order valence-electron chi connectivity index (χ1n) is 7.10. The Hall–Kier alpha value is -1.80. The molecule has 0 radical (unpaired) electrons. The van der Waals surface area contributed by atoms with Crippen LogP contribution in [0.15, 0.2) is 18.2 Å². The van der Waals surface area contributed by atoms with E-state index in [2.05, 4.69) is 10.0 Å². The van der Waals surface area contributed by atoms with Crippen LogP contribution in [0.25, 0.3) is 0 Å². The van der Waals surface area contributed by atoms with Gasteiger partial charge in [0.05, 0.1) is 25.5 Å². The van der Waals surface area contributed by atoms with E-state index in [0.717, 1.165) is 0 Å².